The fourth-order valence-electron chi connectivity index (χ4n) is 3.65. The number of hydrogen-bond donors (Lipinski definition) is 0. The number of anilines is 1. The van der Waals surface area contributed by atoms with Crippen LogP contribution >= 0.6 is 0 Å². The summed E-state index contributed by atoms with van der Waals surface area (Å²) >= 11 is 0. The molecule has 0 unspecified atom stereocenters. The number of carbonyl (C=O) groups is 1. The van der Waals surface area contributed by atoms with Gasteiger partial charge in [0.1, 0.15) is 5.82 Å². The molecule has 3 aromatic rings. The molecule has 1 aromatic heterocycles. The number of carbonyl (C=O) groups excluding carboxylic acids is 1. The Morgan fingerprint density at radius 1 is 1.12 bits per heavy atom. The van der Waals surface area contributed by atoms with Gasteiger partial charge < -0.3 is 14.2 Å². The molecule has 1 aliphatic heterocycles. The highest BCUT2D eigenvalue weighted by Crippen LogP contribution is 2.27. The SMILES string of the molecule is Cc1cccc(N(Cc2ccc(-c3nnc(C(F)F)o3)cc2F)C(=O)N2CCN(C)CC2)c1. The van der Waals surface area contributed by atoms with Gasteiger partial charge in [0.25, 0.3) is 5.89 Å². The van der Waals surface area contributed by atoms with Gasteiger partial charge >= 0.3 is 12.5 Å². The first-order valence-electron chi connectivity index (χ1n) is 10.5. The third-order valence-corrected chi connectivity index (χ3v) is 5.57. The molecule has 33 heavy (non-hydrogen) atoms. The summed E-state index contributed by atoms with van der Waals surface area (Å²) in [4.78, 5) is 18.9. The molecule has 2 amide bonds. The van der Waals surface area contributed by atoms with E-state index in [-0.39, 0.29) is 29.6 Å². The number of piperazine rings is 1. The van der Waals surface area contributed by atoms with Crippen molar-refractivity contribution in [3.8, 4) is 11.5 Å². The zero-order valence-corrected chi connectivity index (χ0v) is 18.3. The number of alkyl halides is 2. The number of aromatic nitrogens is 2. The Morgan fingerprint density at radius 2 is 1.88 bits per heavy atom. The quantitative estimate of drug-likeness (QED) is 0.562. The zero-order chi connectivity index (χ0) is 23.5. The average molecular weight is 459 g/mol. The van der Waals surface area contributed by atoms with Gasteiger partial charge in [-0.25, -0.2) is 9.18 Å². The molecule has 0 saturated carbocycles. The topological polar surface area (TPSA) is 65.7 Å². The zero-order valence-electron chi connectivity index (χ0n) is 18.3. The molecule has 4 rings (SSSR count). The molecule has 10 heteroatoms. The van der Waals surface area contributed by atoms with E-state index in [1.54, 1.807) is 9.80 Å². The Labute approximate surface area is 189 Å². The molecule has 0 bridgehead atoms. The van der Waals surface area contributed by atoms with E-state index in [1.807, 2.05) is 38.2 Å². The minimum Gasteiger partial charge on any atom is -0.415 e. The second-order valence-corrected chi connectivity index (χ2v) is 8.05. The van der Waals surface area contributed by atoms with Crippen molar-refractivity contribution in [1.82, 2.24) is 20.0 Å². The van der Waals surface area contributed by atoms with E-state index in [2.05, 4.69) is 15.1 Å². The van der Waals surface area contributed by atoms with Crippen molar-refractivity contribution in [3.05, 3.63) is 65.3 Å². The van der Waals surface area contributed by atoms with Crippen LogP contribution in [0, 0.1) is 12.7 Å². The van der Waals surface area contributed by atoms with E-state index in [0.29, 0.717) is 18.8 Å². The number of aryl methyl sites for hydroxylation is 1. The van der Waals surface area contributed by atoms with Crippen LogP contribution < -0.4 is 4.90 Å². The first-order chi connectivity index (χ1) is 15.8. The number of benzene rings is 2. The Kier molecular flexibility index (Phi) is 6.64. The van der Waals surface area contributed by atoms with E-state index in [0.717, 1.165) is 24.7 Å². The van der Waals surface area contributed by atoms with E-state index >= 15 is 4.39 Å². The van der Waals surface area contributed by atoms with Crippen molar-refractivity contribution in [2.75, 3.05) is 38.1 Å². The molecule has 174 valence electrons. The second kappa shape index (κ2) is 9.62. The van der Waals surface area contributed by atoms with Crippen LogP contribution in [-0.4, -0.2) is 59.3 Å². The van der Waals surface area contributed by atoms with Crippen LogP contribution in [0.3, 0.4) is 0 Å². The van der Waals surface area contributed by atoms with Gasteiger partial charge in [-0.05, 0) is 43.8 Å². The van der Waals surface area contributed by atoms with Crippen LogP contribution in [0.15, 0.2) is 46.9 Å². The lowest BCUT2D eigenvalue weighted by Crippen LogP contribution is -2.52. The fourth-order valence-corrected chi connectivity index (χ4v) is 3.65. The highest BCUT2D eigenvalue weighted by molar-refractivity contribution is 5.92. The first kappa shape index (κ1) is 22.8. The molecule has 1 aliphatic rings. The number of rotatable bonds is 5. The summed E-state index contributed by atoms with van der Waals surface area (Å²) < 4.78 is 45.3. The van der Waals surface area contributed by atoms with E-state index in [1.165, 1.54) is 12.1 Å². The smallest absolute Gasteiger partial charge is 0.324 e. The molecule has 0 N–H and O–H groups in total. The highest BCUT2D eigenvalue weighted by atomic mass is 19.3. The van der Waals surface area contributed by atoms with Crippen molar-refractivity contribution in [1.29, 1.82) is 0 Å². The van der Waals surface area contributed by atoms with Gasteiger partial charge in [0.05, 0.1) is 6.54 Å². The van der Waals surface area contributed by atoms with Gasteiger partial charge in [0.15, 0.2) is 0 Å². The third kappa shape index (κ3) is 5.16. The minimum atomic E-state index is -2.90. The lowest BCUT2D eigenvalue weighted by Gasteiger charge is -2.36. The Balaban J connectivity index is 1.60. The number of likely N-dealkylation sites (N-methyl/N-ethyl adjacent to an activating group) is 1. The Hall–Kier alpha value is -3.40. The Morgan fingerprint density at radius 3 is 2.52 bits per heavy atom. The van der Waals surface area contributed by atoms with Gasteiger partial charge in [0, 0.05) is 43.0 Å². The van der Waals surface area contributed by atoms with Crippen LogP contribution in [-0.2, 0) is 6.54 Å². The maximum Gasteiger partial charge on any atom is 0.324 e. The van der Waals surface area contributed by atoms with Crippen LogP contribution in [0.25, 0.3) is 11.5 Å². The maximum atomic E-state index is 15.0. The van der Waals surface area contributed by atoms with Crippen LogP contribution in [0.2, 0.25) is 0 Å². The monoisotopic (exact) mass is 459 g/mol. The molecular formula is C23H24F3N5O2. The summed E-state index contributed by atoms with van der Waals surface area (Å²) in [6, 6.07) is 11.4. The molecule has 0 spiro atoms. The van der Waals surface area contributed by atoms with Crippen LogP contribution in [0.1, 0.15) is 23.4 Å². The summed E-state index contributed by atoms with van der Waals surface area (Å²) in [5, 5.41) is 6.82. The molecule has 0 atom stereocenters. The lowest BCUT2D eigenvalue weighted by atomic mass is 10.1. The number of halogens is 3. The highest BCUT2D eigenvalue weighted by Gasteiger charge is 2.26. The standard InChI is InChI=1S/C23H24F3N5O2/c1-15-4-3-5-18(12-15)31(23(32)30-10-8-29(2)9-11-30)14-17-7-6-16(13-19(17)24)21-27-28-22(33-21)20(25)26/h3-7,12-13,20H,8-11,14H2,1-2H3. The number of amides is 2. The second-order valence-electron chi connectivity index (χ2n) is 8.05. The molecular weight excluding hydrogens is 435 g/mol. The summed E-state index contributed by atoms with van der Waals surface area (Å²) in [7, 11) is 2.00. The number of nitrogens with zero attached hydrogens (tertiary/aromatic N) is 5. The van der Waals surface area contributed by atoms with Gasteiger partial charge in [-0.1, -0.05) is 18.2 Å². The minimum absolute atomic E-state index is 0.00680. The van der Waals surface area contributed by atoms with Crippen LogP contribution in [0.4, 0.5) is 23.7 Å². The first-order valence-corrected chi connectivity index (χ1v) is 10.5. The Bertz CT molecular complexity index is 1130. The van der Waals surface area contributed by atoms with Gasteiger partial charge in [0.2, 0.25) is 5.89 Å². The van der Waals surface area contributed by atoms with Gasteiger partial charge in [-0.15, -0.1) is 10.2 Å². The molecule has 2 aromatic carbocycles. The van der Waals surface area contributed by atoms with E-state index < -0.39 is 18.1 Å². The third-order valence-electron chi connectivity index (χ3n) is 5.57. The number of urea groups is 1. The summed E-state index contributed by atoms with van der Waals surface area (Å²) in [5.74, 6) is -1.62. The lowest BCUT2D eigenvalue weighted by molar-refractivity contribution is 0.116. The predicted octanol–water partition coefficient (Wildman–Crippen LogP) is 4.50. The largest absolute Gasteiger partial charge is 0.415 e. The molecule has 0 radical (unpaired) electrons. The summed E-state index contributed by atoms with van der Waals surface area (Å²) in [6.45, 7) is 4.64. The molecule has 0 aliphatic carbocycles. The van der Waals surface area contributed by atoms with E-state index in [4.69, 9.17) is 4.42 Å². The molecule has 1 fully saturated rings. The van der Waals surface area contributed by atoms with Crippen molar-refractivity contribution < 1.29 is 22.4 Å². The fraction of sp³-hybridized carbons (Fsp3) is 0.348. The normalized spacial score (nSPS) is 14.7. The molecule has 7 nitrogen and oxygen atoms in total. The van der Waals surface area contributed by atoms with Crippen molar-refractivity contribution in [2.24, 2.45) is 0 Å². The molecule has 2 heterocycles. The van der Waals surface area contributed by atoms with E-state index in [9.17, 15) is 13.6 Å². The van der Waals surface area contributed by atoms with Crippen molar-refractivity contribution in [2.45, 2.75) is 19.9 Å². The summed E-state index contributed by atoms with van der Waals surface area (Å²) in [6.07, 6.45) is -2.90. The van der Waals surface area contributed by atoms with Crippen molar-refractivity contribution in [3.63, 3.8) is 0 Å². The summed E-state index contributed by atoms with van der Waals surface area (Å²) in [5.41, 5.74) is 2.10. The van der Waals surface area contributed by atoms with Gasteiger partial charge in [-0.3, -0.25) is 4.90 Å². The van der Waals surface area contributed by atoms with Gasteiger partial charge in [-0.2, -0.15) is 8.78 Å². The van der Waals surface area contributed by atoms with Crippen molar-refractivity contribution >= 4 is 11.7 Å². The maximum absolute atomic E-state index is 15.0. The van der Waals surface area contributed by atoms with Crippen LogP contribution in [0.5, 0.6) is 0 Å². The average Bonchev–Trinajstić information content (AvgIpc) is 3.29. The molecule has 1 saturated heterocycles. The predicted molar refractivity (Wildman–Crippen MR) is 116 cm³/mol. The number of hydrogen-bond acceptors (Lipinski definition) is 5.